The molecule has 0 amide bonds. The second-order valence-corrected chi connectivity index (χ2v) is 5.60. The molecule has 108 valence electrons. The van der Waals surface area contributed by atoms with Gasteiger partial charge in [-0.05, 0) is 35.9 Å². The van der Waals surface area contributed by atoms with E-state index < -0.39 is 5.51 Å². The molecular formula is C13H14F3N3S. The van der Waals surface area contributed by atoms with Crippen LogP contribution in [-0.4, -0.2) is 17.1 Å². The molecule has 20 heavy (non-hydrogen) atoms. The zero-order valence-electron chi connectivity index (χ0n) is 10.8. The van der Waals surface area contributed by atoms with Gasteiger partial charge < -0.3 is 5.73 Å². The minimum absolute atomic E-state index is 0.124. The summed E-state index contributed by atoms with van der Waals surface area (Å²) in [4.78, 5) is 0.161. The molecule has 0 saturated carbocycles. The van der Waals surface area contributed by atoms with E-state index >= 15 is 0 Å². The fraction of sp³-hybridized carbons (Fsp3) is 0.385. The van der Waals surface area contributed by atoms with Gasteiger partial charge in [-0.2, -0.15) is 18.3 Å². The molecule has 0 spiro atoms. The van der Waals surface area contributed by atoms with Crippen LogP contribution in [0.1, 0.15) is 25.3 Å². The third kappa shape index (κ3) is 3.75. The van der Waals surface area contributed by atoms with Crippen LogP contribution in [-0.2, 0) is 0 Å². The standard InChI is InChI=1S/C13H14F3N3S/c1-2-8-7-11(17)18-19-12(8)9-3-5-10(6-4-9)20-13(14,15)16/h3-6,8H,2,7H2,1H3,(H2,17,18). The van der Waals surface area contributed by atoms with Crippen molar-refractivity contribution >= 4 is 23.3 Å². The van der Waals surface area contributed by atoms with Crippen molar-refractivity contribution in [3.05, 3.63) is 29.8 Å². The van der Waals surface area contributed by atoms with Gasteiger partial charge in [0.2, 0.25) is 0 Å². The van der Waals surface area contributed by atoms with Gasteiger partial charge in [-0.25, -0.2) is 0 Å². The number of thioether (sulfide) groups is 1. The largest absolute Gasteiger partial charge is 0.446 e. The van der Waals surface area contributed by atoms with Gasteiger partial charge in [0.1, 0.15) is 5.84 Å². The van der Waals surface area contributed by atoms with Gasteiger partial charge in [0.25, 0.3) is 0 Å². The van der Waals surface area contributed by atoms with Crippen molar-refractivity contribution in [3.63, 3.8) is 0 Å². The summed E-state index contributed by atoms with van der Waals surface area (Å²) in [6, 6.07) is 6.19. The lowest BCUT2D eigenvalue weighted by atomic mass is 9.90. The molecule has 1 unspecified atom stereocenters. The highest BCUT2D eigenvalue weighted by Gasteiger charge is 2.29. The van der Waals surface area contributed by atoms with Crippen LogP contribution in [0.2, 0.25) is 0 Å². The van der Waals surface area contributed by atoms with Gasteiger partial charge in [0.05, 0.1) is 5.71 Å². The Morgan fingerprint density at radius 2 is 1.90 bits per heavy atom. The molecule has 0 aromatic heterocycles. The number of benzene rings is 1. The topological polar surface area (TPSA) is 50.7 Å². The minimum Gasteiger partial charge on any atom is -0.386 e. The molecule has 0 fully saturated rings. The molecule has 3 nitrogen and oxygen atoms in total. The van der Waals surface area contributed by atoms with E-state index in [0.717, 1.165) is 17.7 Å². The number of nitrogens with zero attached hydrogens (tertiary/aromatic N) is 2. The third-order valence-corrected chi connectivity index (χ3v) is 3.74. The lowest BCUT2D eigenvalue weighted by molar-refractivity contribution is -0.0328. The molecule has 0 saturated heterocycles. The van der Waals surface area contributed by atoms with Crippen molar-refractivity contribution < 1.29 is 13.2 Å². The summed E-state index contributed by atoms with van der Waals surface area (Å²) in [5, 5.41) is 7.95. The van der Waals surface area contributed by atoms with E-state index in [4.69, 9.17) is 5.73 Å². The van der Waals surface area contributed by atoms with Crippen LogP contribution >= 0.6 is 11.8 Å². The number of hydrogen-bond acceptors (Lipinski definition) is 4. The summed E-state index contributed by atoms with van der Waals surface area (Å²) in [6.45, 7) is 2.02. The van der Waals surface area contributed by atoms with Crippen molar-refractivity contribution in [3.8, 4) is 0 Å². The quantitative estimate of drug-likeness (QED) is 0.864. The van der Waals surface area contributed by atoms with Crippen molar-refractivity contribution in [1.82, 2.24) is 0 Å². The van der Waals surface area contributed by atoms with Crippen LogP contribution in [0.3, 0.4) is 0 Å². The van der Waals surface area contributed by atoms with E-state index in [-0.39, 0.29) is 22.6 Å². The minimum atomic E-state index is -4.27. The SMILES string of the molecule is CCC1CC(N)=NN=C1c1ccc(SC(F)(F)F)cc1. The Hall–Kier alpha value is -1.50. The Morgan fingerprint density at radius 1 is 1.25 bits per heavy atom. The average molecular weight is 301 g/mol. The number of nitrogens with two attached hydrogens (primary N) is 1. The molecule has 0 aliphatic carbocycles. The van der Waals surface area contributed by atoms with Crippen LogP contribution in [0.15, 0.2) is 39.4 Å². The summed E-state index contributed by atoms with van der Waals surface area (Å²) >= 11 is -0.124. The summed E-state index contributed by atoms with van der Waals surface area (Å²) < 4.78 is 36.8. The predicted octanol–water partition coefficient (Wildman–Crippen LogP) is 3.79. The van der Waals surface area contributed by atoms with Crippen LogP contribution in [0, 0.1) is 5.92 Å². The third-order valence-electron chi connectivity index (χ3n) is 3.00. The summed E-state index contributed by atoms with van der Waals surface area (Å²) in [5.74, 6) is 0.651. The predicted molar refractivity (Wildman–Crippen MR) is 74.9 cm³/mol. The van der Waals surface area contributed by atoms with Gasteiger partial charge in [0.15, 0.2) is 0 Å². The fourth-order valence-corrected chi connectivity index (χ4v) is 2.59. The molecule has 1 aliphatic heterocycles. The van der Waals surface area contributed by atoms with E-state index in [0.29, 0.717) is 12.3 Å². The molecule has 2 N–H and O–H groups in total. The van der Waals surface area contributed by atoms with E-state index in [2.05, 4.69) is 10.2 Å². The zero-order chi connectivity index (χ0) is 14.8. The smallest absolute Gasteiger partial charge is 0.386 e. The van der Waals surface area contributed by atoms with Crippen LogP contribution in [0.4, 0.5) is 13.2 Å². The first-order valence-corrected chi connectivity index (χ1v) is 6.96. The number of amidine groups is 1. The lowest BCUT2D eigenvalue weighted by Gasteiger charge is -2.20. The molecule has 1 aromatic carbocycles. The number of rotatable bonds is 3. The number of hydrogen-bond donors (Lipinski definition) is 1. The maximum atomic E-state index is 12.3. The van der Waals surface area contributed by atoms with Gasteiger partial charge in [-0.15, -0.1) is 5.10 Å². The van der Waals surface area contributed by atoms with Crippen molar-refractivity contribution in [2.24, 2.45) is 21.9 Å². The zero-order valence-corrected chi connectivity index (χ0v) is 11.6. The van der Waals surface area contributed by atoms with Gasteiger partial charge in [0, 0.05) is 17.2 Å². The Kier molecular flexibility index (Phi) is 4.37. The first-order valence-electron chi connectivity index (χ1n) is 6.15. The first kappa shape index (κ1) is 14.9. The molecular weight excluding hydrogens is 287 g/mol. The summed E-state index contributed by atoms with van der Waals surface area (Å²) in [6.07, 6.45) is 1.49. The summed E-state index contributed by atoms with van der Waals surface area (Å²) in [5.41, 5.74) is 2.95. The molecule has 0 radical (unpaired) electrons. The lowest BCUT2D eigenvalue weighted by Crippen LogP contribution is -2.26. The molecule has 1 atom stereocenters. The monoisotopic (exact) mass is 301 g/mol. The van der Waals surface area contributed by atoms with Crippen LogP contribution in [0.25, 0.3) is 0 Å². The molecule has 0 bridgehead atoms. The van der Waals surface area contributed by atoms with Crippen molar-refractivity contribution in [2.45, 2.75) is 30.2 Å². The Balaban J connectivity index is 2.21. The molecule has 7 heteroatoms. The molecule has 1 aromatic rings. The van der Waals surface area contributed by atoms with Gasteiger partial charge in [-0.1, -0.05) is 19.1 Å². The molecule has 2 rings (SSSR count). The highest BCUT2D eigenvalue weighted by molar-refractivity contribution is 8.00. The highest BCUT2D eigenvalue weighted by Crippen LogP contribution is 2.37. The van der Waals surface area contributed by atoms with Gasteiger partial charge in [-0.3, -0.25) is 0 Å². The first-order chi connectivity index (χ1) is 9.39. The van der Waals surface area contributed by atoms with Crippen molar-refractivity contribution in [2.75, 3.05) is 0 Å². The van der Waals surface area contributed by atoms with Gasteiger partial charge >= 0.3 is 5.51 Å². The van der Waals surface area contributed by atoms with Crippen LogP contribution < -0.4 is 5.73 Å². The maximum Gasteiger partial charge on any atom is 0.446 e. The summed E-state index contributed by atoms with van der Waals surface area (Å²) in [7, 11) is 0. The Labute approximate surface area is 119 Å². The fourth-order valence-electron chi connectivity index (χ4n) is 2.05. The number of halogens is 3. The van der Waals surface area contributed by atoms with Crippen molar-refractivity contribution in [1.29, 1.82) is 0 Å². The maximum absolute atomic E-state index is 12.3. The van der Waals surface area contributed by atoms with E-state index in [1.807, 2.05) is 6.92 Å². The molecule has 1 aliphatic rings. The highest BCUT2D eigenvalue weighted by atomic mass is 32.2. The Bertz CT molecular complexity index is 535. The number of alkyl halides is 3. The van der Waals surface area contributed by atoms with E-state index in [9.17, 15) is 13.2 Å². The average Bonchev–Trinajstić information content (AvgIpc) is 2.38. The molecule has 1 heterocycles. The Morgan fingerprint density at radius 3 is 2.45 bits per heavy atom. The van der Waals surface area contributed by atoms with E-state index in [1.54, 1.807) is 12.1 Å². The second kappa shape index (κ2) is 5.87. The van der Waals surface area contributed by atoms with Crippen LogP contribution in [0.5, 0.6) is 0 Å². The normalized spacial score (nSPS) is 19.5. The second-order valence-electron chi connectivity index (χ2n) is 4.46. The van der Waals surface area contributed by atoms with E-state index in [1.165, 1.54) is 12.1 Å².